The lowest BCUT2D eigenvalue weighted by molar-refractivity contribution is -0.124. The van der Waals surface area contributed by atoms with Crippen molar-refractivity contribution in [3.8, 4) is 5.69 Å². The summed E-state index contributed by atoms with van der Waals surface area (Å²) < 4.78 is 15.1. The van der Waals surface area contributed by atoms with Gasteiger partial charge in [0.1, 0.15) is 5.82 Å². The van der Waals surface area contributed by atoms with E-state index in [0.717, 1.165) is 36.2 Å². The molecule has 1 aliphatic carbocycles. The Labute approximate surface area is 182 Å². The first kappa shape index (κ1) is 21.5. The van der Waals surface area contributed by atoms with Gasteiger partial charge in [0.2, 0.25) is 5.91 Å². The predicted molar refractivity (Wildman–Crippen MR) is 116 cm³/mol. The first-order chi connectivity index (χ1) is 14.7. The Morgan fingerprint density at radius 3 is 2.39 bits per heavy atom. The largest absolute Gasteiger partial charge is 0.350 e. The summed E-state index contributed by atoms with van der Waals surface area (Å²) in [5.41, 5.74) is 3.09. The second-order valence-electron chi connectivity index (χ2n) is 9.38. The molecule has 2 amide bonds. The Bertz CT molecular complexity index is 969. The molecule has 2 aliphatic rings. The minimum atomic E-state index is -0.294. The fourth-order valence-electron chi connectivity index (χ4n) is 4.32. The number of hydrogen-bond donors (Lipinski definition) is 1. The molecule has 0 radical (unpaired) electrons. The number of carbonyl (C=O) groups is 2. The number of rotatable bonds is 4. The molecule has 1 fully saturated rings. The Balaban J connectivity index is 1.43. The molecule has 7 nitrogen and oxygen atoms in total. The molecule has 2 aromatic rings. The number of nitrogens with zero attached hydrogens (tertiary/aromatic N) is 4. The summed E-state index contributed by atoms with van der Waals surface area (Å²) in [6, 6.07) is 6.21. The van der Waals surface area contributed by atoms with E-state index >= 15 is 0 Å². The standard InChI is InChI=1S/C23H30FN5O2/c1-23(2,3)25-20(30)15-27-11-13-28(14-12-27)22(31)21-18-5-4-6-19(18)29(26-21)17-9-7-16(24)8-10-17/h7-10H,4-6,11-15H2,1-3H3,(H,25,30). The highest BCUT2D eigenvalue weighted by Crippen LogP contribution is 2.29. The van der Waals surface area contributed by atoms with E-state index in [9.17, 15) is 14.0 Å². The number of amides is 2. The smallest absolute Gasteiger partial charge is 0.274 e. The molecule has 1 N–H and O–H groups in total. The zero-order valence-corrected chi connectivity index (χ0v) is 18.4. The number of nitrogens with one attached hydrogen (secondary N) is 1. The van der Waals surface area contributed by atoms with Crippen molar-refractivity contribution in [2.24, 2.45) is 0 Å². The molecule has 0 spiro atoms. The summed E-state index contributed by atoms with van der Waals surface area (Å²) in [5.74, 6) is -0.348. The lowest BCUT2D eigenvalue weighted by atomic mass is 10.1. The third-order valence-electron chi connectivity index (χ3n) is 5.75. The highest BCUT2D eigenvalue weighted by molar-refractivity contribution is 5.94. The third-order valence-corrected chi connectivity index (χ3v) is 5.75. The number of hydrogen-bond acceptors (Lipinski definition) is 4. The van der Waals surface area contributed by atoms with Crippen LogP contribution >= 0.6 is 0 Å². The Hall–Kier alpha value is -2.74. The van der Waals surface area contributed by atoms with Gasteiger partial charge < -0.3 is 10.2 Å². The minimum absolute atomic E-state index is 0.00290. The maximum Gasteiger partial charge on any atom is 0.274 e. The fourth-order valence-corrected chi connectivity index (χ4v) is 4.32. The Morgan fingerprint density at radius 1 is 1.06 bits per heavy atom. The normalized spacial score (nSPS) is 17.0. The van der Waals surface area contributed by atoms with Gasteiger partial charge in [-0.25, -0.2) is 9.07 Å². The van der Waals surface area contributed by atoms with Crippen molar-refractivity contribution in [3.05, 3.63) is 47.0 Å². The molecule has 166 valence electrons. The monoisotopic (exact) mass is 427 g/mol. The van der Waals surface area contributed by atoms with Crippen LogP contribution in [-0.4, -0.2) is 69.7 Å². The predicted octanol–water partition coefficient (Wildman–Crippen LogP) is 2.17. The van der Waals surface area contributed by atoms with E-state index in [1.807, 2.05) is 25.7 Å². The van der Waals surface area contributed by atoms with Crippen molar-refractivity contribution >= 4 is 11.8 Å². The van der Waals surface area contributed by atoms with E-state index in [0.29, 0.717) is 38.4 Å². The van der Waals surface area contributed by atoms with Crippen molar-refractivity contribution in [2.75, 3.05) is 32.7 Å². The average Bonchev–Trinajstić information content (AvgIpc) is 3.30. The van der Waals surface area contributed by atoms with E-state index in [2.05, 4.69) is 15.3 Å². The van der Waals surface area contributed by atoms with Crippen molar-refractivity contribution < 1.29 is 14.0 Å². The average molecular weight is 428 g/mol. The molecule has 1 aromatic heterocycles. The molecular weight excluding hydrogens is 397 g/mol. The van der Waals surface area contributed by atoms with Gasteiger partial charge in [-0.15, -0.1) is 0 Å². The first-order valence-corrected chi connectivity index (χ1v) is 10.9. The van der Waals surface area contributed by atoms with Crippen LogP contribution in [0.15, 0.2) is 24.3 Å². The van der Waals surface area contributed by atoms with Crippen LogP contribution in [0.25, 0.3) is 5.69 Å². The number of fused-ring (bicyclic) bond motifs is 1. The number of benzene rings is 1. The molecule has 4 rings (SSSR count). The molecule has 8 heteroatoms. The van der Waals surface area contributed by atoms with Gasteiger partial charge in [0.05, 0.1) is 12.2 Å². The molecule has 1 aliphatic heterocycles. The summed E-state index contributed by atoms with van der Waals surface area (Å²) in [5, 5.41) is 7.62. The zero-order valence-electron chi connectivity index (χ0n) is 18.4. The second-order valence-corrected chi connectivity index (χ2v) is 9.38. The number of piperazine rings is 1. The highest BCUT2D eigenvalue weighted by Gasteiger charge is 2.31. The lowest BCUT2D eigenvalue weighted by Crippen LogP contribution is -2.53. The van der Waals surface area contributed by atoms with E-state index < -0.39 is 0 Å². The van der Waals surface area contributed by atoms with Gasteiger partial charge in [-0.2, -0.15) is 5.10 Å². The van der Waals surface area contributed by atoms with Gasteiger partial charge in [-0.3, -0.25) is 14.5 Å². The van der Waals surface area contributed by atoms with Crippen LogP contribution in [0.5, 0.6) is 0 Å². The number of aromatic nitrogens is 2. The molecule has 0 atom stereocenters. The molecule has 31 heavy (non-hydrogen) atoms. The van der Waals surface area contributed by atoms with Crippen LogP contribution < -0.4 is 5.32 Å². The van der Waals surface area contributed by atoms with Crippen LogP contribution in [0.4, 0.5) is 4.39 Å². The molecule has 0 bridgehead atoms. The second kappa shape index (κ2) is 8.42. The molecule has 0 saturated carbocycles. The Kier molecular flexibility index (Phi) is 5.83. The summed E-state index contributed by atoms with van der Waals surface area (Å²) in [7, 11) is 0. The van der Waals surface area contributed by atoms with Crippen molar-refractivity contribution in [1.82, 2.24) is 24.9 Å². The van der Waals surface area contributed by atoms with Crippen LogP contribution in [0.3, 0.4) is 0 Å². The topological polar surface area (TPSA) is 70.5 Å². The van der Waals surface area contributed by atoms with Gasteiger partial charge in [0.25, 0.3) is 5.91 Å². The van der Waals surface area contributed by atoms with Gasteiger partial charge in [0, 0.05) is 43.0 Å². The van der Waals surface area contributed by atoms with E-state index in [1.54, 1.807) is 16.8 Å². The number of halogens is 1. The molecular formula is C23H30FN5O2. The van der Waals surface area contributed by atoms with Crippen molar-refractivity contribution in [3.63, 3.8) is 0 Å². The van der Waals surface area contributed by atoms with Gasteiger partial charge in [-0.1, -0.05) is 0 Å². The minimum Gasteiger partial charge on any atom is -0.350 e. The molecule has 2 heterocycles. The molecule has 1 aromatic carbocycles. The summed E-state index contributed by atoms with van der Waals surface area (Å²) >= 11 is 0. The quantitative estimate of drug-likeness (QED) is 0.812. The van der Waals surface area contributed by atoms with E-state index in [-0.39, 0.29) is 23.2 Å². The van der Waals surface area contributed by atoms with Crippen molar-refractivity contribution in [1.29, 1.82) is 0 Å². The van der Waals surface area contributed by atoms with Crippen LogP contribution in [0, 0.1) is 5.82 Å². The summed E-state index contributed by atoms with van der Waals surface area (Å²) in [6.07, 6.45) is 2.69. The summed E-state index contributed by atoms with van der Waals surface area (Å²) in [4.78, 5) is 29.4. The molecule has 1 saturated heterocycles. The maximum absolute atomic E-state index is 13.3. The van der Waals surface area contributed by atoms with E-state index in [4.69, 9.17) is 0 Å². The highest BCUT2D eigenvalue weighted by atomic mass is 19.1. The first-order valence-electron chi connectivity index (χ1n) is 10.9. The molecule has 0 unspecified atom stereocenters. The van der Waals surface area contributed by atoms with Crippen LogP contribution in [0.1, 0.15) is 48.9 Å². The SMILES string of the molecule is CC(C)(C)NC(=O)CN1CCN(C(=O)c2nn(-c3ccc(F)cc3)c3c2CCC3)CC1. The third kappa shape index (κ3) is 4.79. The lowest BCUT2D eigenvalue weighted by Gasteiger charge is -2.34. The van der Waals surface area contributed by atoms with Gasteiger partial charge >= 0.3 is 0 Å². The number of carbonyl (C=O) groups excluding carboxylic acids is 2. The van der Waals surface area contributed by atoms with E-state index in [1.165, 1.54) is 12.1 Å². The van der Waals surface area contributed by atoms with Crippen molar-refractivity contribution in [2.45, 2.75) is 45.6 Å². The maximum atomic E-state index is 13.3. The van der Waals surface area contributed by atoms with Gasteiger partial charge in [-0.05, 0) is 64.3 Å². The van der Waals surface area contributed by atoms with Gasteiger partial charge in [0.15, 0.2) is 5.69 Å². The zero-order chi connectivity index (χ0) is 22.2. The summed E-state index contributed by atoms with van der Waals surface area (Å²) in [6.45, 7) is 8.68. The fraction of sp³-hybridized carbons (Fsp3) is 0.522. The van der Waals surface area contributed by atoms with Crippen LogP contribution in [-0.2, 0) is 17.6 Å². The van der Waals surface area contributed by atoms with Crippen LogP contribution in [0.2, 0.25) is 0 Å². The Morgan fingerprint density at radius 2 is 1.74 bits per heavy atom.